The number of anilines is 3. The fourth-order valence-electron chi connectivity index (χ4n) is 8.45. The number of rotatable bonds is 5. The van der Waals surface area contributed by atoms with Crippen LogP contribution in [0.15, 0.2) is 146 Å². The van der Waals surface area contributed by atoms with Gasteiger partial charge >= 0.3 is 0 Å². The van der Waals surface area contributed by atoms with Crippen LogP contribution in [0.25, 0.3) is 49.7 Å². The van der Waals surface area contributed by atoms with E-state index in [4.69, 9.17) is 4.98 Å². The zero-order valence-corrected chi connectivity index (χ0v) is 31.1. The van der Waals surface area contributed by atoms with E-state index in [1.54, 1.807) is 0 Å². The average Bonchev–Trinajstić information content (AvgIpc) is 3.59. The number of pyridine rings is 1. The van der Waals surface area contributed by atoms with Gasteiger partial charge in [-0.2, -0.15) is 0 Å². The van der Waals surface area contributed by atoms with Crippen LogP contribution in [0.5, 0.6) is 0 Å². The Hall–Kier alpha value is -5.02. The van der Waals surface area contributed by atoms with Gasteiger partial charge in [0, 0.05) is 31.4 Å². The van der Waals surface area contributed by atoms with Gasteiger partial charge in [0.25, 0.3) is 0 Å². The van der Waals surface area contributed by atoms with Crippen molar-refractivity contribution in [2.45, 2.75) is 44.9 Å². The maximum Gasteiger partial charge on any atom is 0.0777 e. The van der Waals surface area contributed by atoms with Crippen LogP contribution in [0.1, 0.15) is 45.2 Å². The molecule has 50 heavy (non-hydrogen) atoms. The van der Waals surface area contributed by atoms with Crippen molar-refractivity contribution in [3.8, 4) is 22.3 Å². The van der Waals surface area contributed by atoms with Crippen molar-refractivity contribution in [2.24, 2.45) is 0 Å². The van der Waals surface area contributed by atoms with Crippen molar-refractivity contribution in [1.29, 1.82) is 0 Å². The summed E-state index contributed by atoms with van der Waals surface area (Å²) in [6.07, 6.45) is 3.33. The van der Waals surface area contributed by atoms with E-state index in [1.807, 2.05) is 0 Å². The predicted molar refractivity (Wildman–Crippen MR) is 205 cm³/mol. The van der Waals surface area contributed by atoms with E-state index in [-0.39, 0.29) is 30.9 Å². The van der Waals surface area contributed by atoms with Crippen LogP contribution in [0, 0.1) is 6.07 Å². The van der Waals surface area contributed by atoms with Gasteiger partial charge in [-0.25, -0.2) is 0 Å². The molecule has 0 N–H and O–H groups in total. The van der Waals surface area contributed by atoms with Crippen molar-refractivity contribution in [2.75, 3.05) is 4.90 Å². The molecule has 4 heteroatoms. The number of nitrogens with zero attached hydrogens (tertiary/aromatic N) is 3. The van der Waals surface area contributed by atoms with E-state index < -0.39 is 0 Å². The van der Waals surface area contributed by atoms with Crippen molar-refractivity contribution < 1.29 is 20.1 Å². The SMILES string of the molecule is CC1(C)CC(C)(C)c2cc3c(cc21)nc1c2[c-]ccc(N(c4ccc(-c5ccccc5)cc4)c4ccccc4-c4ccccc4)c2ccn31.[Ir]. The fraction of sp³-hybridized carbons (Fsp3) is 0.152. The van der Waals surface area contributed by atoms with Gasteiger partial charge in [-0.1, -0.05) is 136 Å². The molecule has 1 radical (unpaired) electrons. The molecule has 3 nitrogen and oxygen atoms in total. The van der Waals surface area contributed by atoms with E-state index in [0.717, 1.165) is 50.9 Å². The summed E-state index contributed by atoms with van der Waals surface area (Å²) in [6.45, 7) is 9.48. The maximum atomic E-state index is 5.30. The van der Waals surface area contributed by atoms with E-state index in [9.17, 15) is 0 Å². The second-order valence-corrected chi connectivity index (χ2v) is 14.7. The molecule has 0 saturated carbocycles. The largest absolute Gasteiger partial charge is 0.341 e. The summed E-state index contributed by atoms with van der Waals surface area (Å²) in [6, 6.07) is 53.7. The molecule has 0 fully saturated rings. The van der Waals surface area contributed by atoms with Gasteiger partial charge < -0.3 is 9.30 Å². The van der Waals surface area contributed by atoms with Gasteiger partial charge in [0.05, 0.1) is 22.4 Å². The minimum Gasteiger partial charge on any atom is -0.341 e. The van der Waals surface area contributed by atoms with Gasteiger partial charge in [-0.05, 0) is 87.3 Å². The van der Waals surface area contributed by atoms with Crippen LogP contribution in [0.2, 0.25) is 0 Å². The molecular formula is C46H38IrN3-. The molecule has 247 valence electrons. The first-order valence-corrected chi connectivity index (χ1v) is 17.2. The van der Waals surface area contributed by atoms with Gasteiger partial charge in [-0.3, -0.25) is 4.98 Å². The van der Waals surface area contributed by atoms with Gasteiger partial charge in [0.2, 0.25) is 0 Å². The number of benzene rings is 6. The molecule has 6 aromatic carbocycles. The maximum absolute atomic E-state index is 5.30. The molecule has 1 aliphatic carbocycles. The summed E-state index contributed by atoms with van der Waals surface area (Å²) in [5.74, 6) is 0. The molecule has 9 rings (SSSR count). The minimum absolute atomic E-state index is 0. The van der Waals surface area contributed by atoms with E-state index in [0.29, 0.717) is 0 Å². The topological polar surface area (TPSA) is 20.5 Å². The summed E-state index contributed by atoms with van der Waals surface area (Å²) < 4.78 is 2.26. The van der Waals surface area contributed by atoms with E-state index >= 15 is 0 Å². The van der Waals surface area contributed by atoms with Gasteiger partial charge in [0.1, 0.15) is 0 Å². The van der Waals surface area contributed by atoms with E-state index in [2.05, 4.69) is 189 Å². The summed E-state index contributed by atoms with van der Waals surface area (Å²) in [4.78, 5) is 7.70. The second kappa shape index (κ2) is 12.1. The van der Waals surface area contributed by atoms with Crippen LogP contribution in [-0.2, 0) is 30.9 Å². The average molecular weight is 825 g/mol. The summed E-state index contributed by atoms with van der Waals surface area (Å²) >= 11 is 0. The summed E-state index contributed by atoms with van der Waals surface area (Å²) in [5, 5.41) is 2.12. The molecule has 0 aliphatic heterocycles. The number of fused-ring (bicyclic) bond motifs is 6. The molecule has 8 aromatic rings. The molecule has 2 heterocycles. The number of aromatic nitrogens is 2. The normalized spacial score (nSPS) is 14.5. The van der Waals surface area contributed by atoms with Crippen molar-refractivity contribution in [1.82, 2.24) is 9.38 Å². The van der Waals surface area contributed by atoms with Crippen molar-refractivity contribution >= 4 is 44.5 Å². The van der Waals surface area contributed by atoms with Gasteiger partial charge in [-0.15, -0.1) is 18.2 Å². The monoisotopic (exact) mass is 825 g/mol. The van der Waals surface area contributed by atoms with Crippen LogP contribution >= 0.6 is 0 Å². The Morgan fingerprint density at radius 3 is 1.98 bits per heavy atom. The summed E-state index contributed by atoms with van der Waals surface area (Å²) in [5.41, 5.74) is 14.3. The number of hydrogen-bond donors (Lipinski definition) is 0. The molecule has 0 amide bonds. The zero-order chi connectivity index (χ0) is 33.3. The van der Waals surface area contributed by atoms with Crippen molar-refractivity contribution in [3.05, 3.63) is 163 Å². The molecule has 0 unspecified atom stereocenters. The first-order valence-electron chi connectivity index (χ1n) is 17.2. The Morgan fingerprint density at radius 1 is 0.640 bits per heavy atom. The molecule has 0 spiro atoms. The molecule has 1 aliphatic rings. The quantitative estimate of drug-likeness (QED) is 0.161. The second-order valence-electron chi connectivity index (χ2n) is 14.7. The Balaban J connectivity index is 0.00000361. The Kier molecular flexibility index (Phi) is 7.78. The molecule has 0 saturated heterocycles. The number of para-hydroxylation sites is 1. The molecule has 2 aromatic heterocycles. The van der Waals surface area contributed by atoms with Crippen molar-refractivity contribution in [3.63, 3.8) is 0 Å². The minimum atomic E-state index is 0. The standard InChI is InChI=1S/C46H38N3.Ir/c1-45(2)30-46(3,4)39-29-43-40(28-38(39)45)47-44-37-19-13-21-42(36(37)26-27-48(43)44)49(34-24-22-32(23-25-34)31-14-7-5-8-15-31)41-20-12-11-18-35(41)33-16-9-6-10-17-33;/h5-18,20-29H,30H2,1-4H3;/q-1;. The summed E-state index contributed by atoms with van der Waals surface area (Å²) in [7, 11) is 0. The molecule has 0 atom stereocenters. The number of imidazole rings is 1. The Morgan fingerprint density at radius 2 is 1.26 bits per heavy atom. The fourth-order valence-corrected chi connectivity index (χ4v) is 8.45. The first-order chi connectivity index (χ1) is 23.8. The van der Waals surface area contributed by atoms with Crippen LogP contribution < -0.4 is 4.90 Å². The first kappa shape index (κ1) is 32.2. The zero-order valence-electron chi connectivity index (χ0n) is 28.7. The van der Waals surface area contributed by atoms with Crippen LogP contribution in [0.3, 0.4) is 0 Å². The number of hydrogen-bond acceptors (Lipinski definition) is 2. The molecular weight excluding hydrogens is 787 g/mol. The third kappa shape index (κ3) is 5.17. The van der Waals surface area contributed by atoms with Crippen LogP contribution in [0.4, 0.5) is 17.1 Å². The van der Waals surface area contributed by atoms with Crippen LogP contribution in [-0.4, -0.2) is 9.38 Å². The van der Waals surface area contributed by atoms with Gasteiger partial charge in [0.15, 0.2) is 0 Å². The third-order valence-corrected chi connectivity index (χ3v) is 10.5. The predicted octanol–water partition coefficient (Wildman–Crippen LogP) is 12.2. The molecule has 0 bridgehead atoms. The Labute approximate surface area is 307 Å². The third-order valence-electron chi connectivity index (χ3n) is 10.5. The Bertz CT molecular complexity index is 2510. The smallest absolute Gasteiger partial charge is 0.0777 e. The van der Waals surface area contributed by atoms with E-state index in [1.165, 1.54) is 33.4 Å².